The SMILES string of the molecule is CCCCN.Cc1ccc(O)c(O)c1[C@]12CCN(CC3CC3)C(C)C1(O)CC=C(OC(=O)N(C)CCNC(=O)CNC(=O)CC(=O)O)C2. The number of amides is 3. The monoisotopic (exact) mass is 675 g/mol. The number of aromatic hydroxyl groups is 2. The predicted molar refractivity (Wildman–Crippen MR) is 178 cm³/mol. The summed E-state index contributed by atoms with van der Waals surface area (Å²) in [5, 5.41) is 47.3. The second kappa shape index (κ2) is 17.0. The van der Waals surface area contributed by atoms with Crippen LogP contribution in [-0.4, -0.2) is 112 Å². The second-order valence-corrected chi connectivity index (χ2v) is 13.2. The molecule has 2 unspecified atom stereocenters. The minimum Gasteiger partial charge on any atom is -0.504 e. The zero-order valence-corrected chi connectivity index (χ0v) is 28.6. The quantitative estimate of drug-likeness (QED) is 0.119. The van der Waals surface area contributed by atoms with Gasteiger partial charge in [-0.25, -0.2) is 4.79 Å². The van der Waals surface area contributed by atoms with Crippen LogP contribution in [0.2, 0.25) is 0 Å². The number of nitrogens with two attached hydrogens (primary N) is 1. The van der Waals surface area contributed by atoms with Crippen molar-refractivity contribution in [3.63, 3.8) is 0 Å². The molecule has 4 rings (SSSR count). The minimum absolute atomic E-state index is 0.0622. The van der Waals surface area contributed by atoms with Gasteiger partial charge in [-0.2, -0.15) is 0 Å². The summed E-state index contributed by atoms with van der Waals surface area (Å²) in [6.45, 7) is 8.13. The average Bonchev–Trinajstić information content (AvgIpc) is 3.85. The van der Waals surface area contributed by atoms with Gasteiger partial charge in [0.1, 0.15) is 12.2 Å². The standard InChI is InChI=1S/C30H42N4O9.C4H11N/c1-18-4-7-22(35)27(40)26(18)29-10-12-34(17-20-5-6-20)19(2)30(29,42)9-8-21(15-29)43-28(41)33(3)13-11-31-24(37)16-32-23(36)14-25(38)39;1-2-3-4-5/h4,7-8,19-20,35,40,42H,5-6,9-17H2,1-3H3,(H,31,37)(H,32,36)(H,38,39);2-5H2,1H3/t19?,29-,30?;/m1./s1. The summed E-state index contributed by atoms with van der Waals surface area (Å²) in [6.07, 6.45) is 5.85. The van der Waals surface area contributed by atoms with Gasteiger partial charge in [-0.15, -0.1) is 0 Å². The Labute approximate surface area is 282 Å². The Kier molecular flexibility index (Phi) is 13.6. The van der Waals surface area contributed by atoms with E-state index in [2.05, 4.69) is 22.5 Å². The molecule has 3 aliphatic rings. The lowest BCUT2D eigenvalue weighted by Crippen LogP contribution is -2.69. The predicted octanol–water partition coefficient (Wildman–Crippen LogP) is 2.08. The van der Waals surface area contributed by atoms with E-state index in [4.69, 9.17) is 15.6 Å². The number of phenols is 2. The summed E-state index contributed by atoms with van der Waals surface area (Å²) in [5.41, 5.74) is 3.99. The largest absolute Gasteiger partial charge is 0.504 e. The van der Waals surface area contributed by atoms with Crippen LogP contribution in [0.25, 0.3) is 0 Å². The van der Waals surface area contributed by atoms with E-state index in [0.717, 1.165) is 18.7 Å². The van der Waals surface area contributed by atoms with E-state index in [1.165, 1.54) is 43.7 Å². The number of carboxylic acid groups (broad SMARTS) is 1. The zero-order valence-electron chi connectivity index (χ0n) is 28.6. The molecule has 3 atom stereocenters. The summed E-state index contributed by atoms with van der Waals surface area (Å²) in [6, 6.07) is 2.88. The van der Waals surface area contributed by atoms with Crippen molar-refractivity contribution in [2.24, 2.45) is 11.7 Å². The van der Waals surface area contributed by atoms with Crippen LogP contribution in [0.4, 0.5) is 4.79 Å². The molecule has 14 nitrogen and oxygen atoms in total. The maximum Gasteiger partial charge on any atom is 0.414 e. The van der Waals surface area contributed by atoms with Gasteiger partial charge < -0.3 is 46.4 Å². The fraction of sp³-hybridized carbons (Fsp3) is 0.647. The van der Waals surface area contributed by atoms with Gasteiger partial charge in [0.15, 0.2) is 11.5 Å². The first kappa shape index (κ1) is 38.6. The van der Waals surface area contributed by atoms with E-state index in [-0.39, 0.29) is 43.5 Å². The van der Waals surface area contributed by atoms with Crippen molar-refractivity contribution in [1.29, 1.82) is 0 Å². The first-order valence-electron chi connectivity index (χ1n) is 16.7. The average molecular weight is 676 g/mol. The van der Waals surface area contributed by atoms with Crippen molar-refractivity contribution in [1.82, 2.24) is 20.4 Å². The lowest BCUT2D eigenvalue weighted by molar-refractivity contribution is -0.141. The summed E-state index contributed by atoms with van der Waals surface area (Å²) in [7, 11) is 1.50. The molecule has 2 aliphatic carbocycles. The molecule has 0 spiro atoms. The Hall–Kier alpha value is -3.88. The van der Waals surface area contributed by atoms with Crippen LogP contribution in [0.3, 0.4) is 0 Å². The summed E-state index contributed by atoms with van der Waals surface area (Å²) in [5.74, 6) is -2.21. The molecular formula is C34H53N5O9. The number of rotatable bonds is 13. The van der Waals surface area contributed by atoms with Gasteiger partial charge in [0.25, 0.3) is 0 Å². The van der Waals surface area contributed by atoms with Gasteiger partial charge in [-0.1, -0.05) is 19.4 Å². The highest BCUT2D eigenvalue weighted by atomic mass is 16.6. The number of aliphatic hydroxyl groups is 1. The first-order chi connectivity index (χ1) is 22.7. The number of hydrogen-bond acceptors (Lipinski definition) is 10. The summed E-state index contributed by atoms with van der Waals surface area (Å²) < 4.78 is 5.77. The number of nitrogens with one attached hydrogen (secondary N) is 2. The molecule has 14 heteroatoms. The number of unbranched alkanes of at least 4 members (excludes halogenated alkanes) is 1. The van der Waals surface area contributed by atoms with Crippen molar-refractivity contribution in [3.8, 4) is 11.5 Å². The molecule has 1 saturated carbocycles. The van der Waals surface area contributed by atoms with Gasteiger partial charge in [-0.3, -0.25) is 19.3 Å². The minimum atomic E-state index is -1.30. The number of likely N-dealkylation sites (tertiary alicyclic amines) is 1. The third-order valence-corrected chi connectivity index (χ3v) is 9.66. The van der Waals surface area contributed by atoms with Gasteiger partial charge in [0.2, 0.25) is 11.8 Å². The maximum atomic E-state index is 13.0. The Morgan fingerprint density at radius 1 is 1.15 bits per heavy atom. The number of carboxylic acids is 1. The summed E-state index contributed by atoms with van der Waals surface area (Å²) >= 11 is 0. The highest BCUT2D eigenvalue weighted by Crippen LogP contribution is 2.58. The molecule has 0 radical (unpaired) electrons. The number of allylic oxidation sites excluding steroid dienone is 1. The number of likely N-dealkylation sites (N-methyl/N-ethyl adjacent to an activating group) is 1. The number of piperidine rings is 1. The molecule has 0 aromatic heterocycles. The lowest BCUT2D eigenvalue weighted by Gasteiger charge is -2.59. The summed E-state index contributed by atoms with van der Waals surface area (Å²) in [4.78, 5) is 50.4. The normalized spacial score (nSPS) is 23.5. The Morgan fingerprint density at radius 2 is 1.85 bits per heavy atom. The molecule has 0 bridgehead atoms. The second-order valence-electron chi connectivity index (χ2n) is 13.2. The molecule has 48 heavy (non-hydrogen) atoms. The van der Waals surface area contributed by atoms with E-state index in [0.29, 0.717) is 30.2 Å². The number of phenolic OH excluding ortho intramolecular Hbond substituents is 2. The maximum absolute atomic E-state index is 13.0. The number of hydrogen-bond donors (Lipinski definition) is 7. The molecular weight excluding hydrogens is 622 g/mol. The molecule has 1 saturated heterocycles. The van der Waals surface area contributed by atoms with E-state index in [9.17, 15) is 34.5 Å². The van der Waals surface area contributed by atoms with Gasteiger partial charge in [0, 0.05) is 56.5 Å². The number of carbonyl (C=O) groups excluding carboxylic acids is 3. The van der Waals surface area contributed by atoms with Gasteiger partial charge in [0.05, 0.1) is 12.1 Å². The molecule has 8 N–H and O–H groups in total. The Bertz CT molecular complexity index is 1350. The van der Waals surface area contributed by atoms with Crippen molar-refractivity contribution in [2.45, 2.75) is 89.2 Å². The topological polar surface area (TPSA) is 215 Å². The smallest absolute Gasteiger partial charge is 0.414 e. The third kappa shape index (κ3) is 9.38. The van der Waals surface area contributed by atoms with Gasteiger partial charge in [-0.05, 0) is 76.2 Å². The van der Waals surface area contributed by atoms with E-state index in [1.54, 1.807) is 12.1 Å². The van der Waals surface area contributed by atoms with Crippen LogP contribution in [0.5, 0.6) is 11.5 Å². The molecule has 268 valence electrons. The van der Waals surface area contributed by atoms with Crippen molar-refractivity contribution < 1.29 is 44.3 Å². The third-order valence-electron chi connectivity index (χ3n) is 9.66. The fourth-order valence-corrected chi connectivity index (χ4v) is 6.66. The molecule has 3 amide bonds. The van der Waals surface area contributed by atoms with E-state index < -0.39 is 47.9 Å². The van der Waals surface area contributed by atoms with Crippen LogP contribution in [0.1, 0.15) is 76.3 Å². The number of benzene rings is 1. The van der Waals surface area contributed by atoms with Crippen LogP contribution < -0.4 is 16.4 Å². The number of aliphatic carboxylic acids is 1. The van der Waals surface area contributed by atoms with E-state index >= 15 is 0 Å². The molecule has 1 aromatic carbocycles. The number of aryl methyl sites for hydroxylation is 1. The van der Waals surface area contributed by atoms with Crippen molar-refractivity contribution in [3.05, 3.63) is 35.1 Å². The fourth-order valence-electron chi connectivity index (χ4n) is 6.66. The van der Waals surface area contributed by atoms with Gasteiger partial charge >= 0.3 is 12.1 Å². The van der Waals surface area contributed by atoms with Crippen molar-refractivity contribution in [2.75, 3.05) is 46.3 Å². The lowest BCUT2D eigenvalue weighted by atomic mass is 9.54. The molecule has 2 fully saturated rings. The molecule has 1 heterocycles. The van der Waals surface area contributed by atoms with Crippen LogP contribution in [0, 0.1) is 12.8 Å². The number of ether oxygens (including phenoxy) is 1. The number of carbonyl (C=O) groups is 4. The highest BCUT2D eigenvalue weighted by Gasteiger charge is 2.61. The zero-order chi connectivity index (χ0) is 35.6. The Balaban J connectivity index is 0.00000116. The van der Waals surface area contributed by atoms with Crippen LogP contribution in [0.15, 0.2) is 24.0 Å². The highest BCUT2D eigenvalue weighted by molar-refractivity contribution is 5.95. The molecule has 1 aliphatic heterocycles. The first-order valence-corrected chi connectivity index (χ1v) is 16.7. The number of nitrogens with zero attached hydrogens (tertiary/aromatic N) is 2. The van der Waals surface area contributed by atoms with Crippen molar-refractivity contribution >= 4 is 23.9 Å². The van der Waals surface area contributed by atoms with Crippen LogP contribution in [-0.2, 0) is 24.5 Å². The van der Waals surface area contributed by atoms with Crippen LogP contribution >= 0.6 is 0 Å². The molecule has 1 aromatic rings. The van der Waals surface area contributed by atoms with E-state index in [1.807, 2.05) is 13.8 Å². The Morgan fingerprint density at radius 3 is 2.46 bits per heavy atom. The number of fused-ring (bicyclic) bond motifs is 1.